The molecule has 0 radical (unpaired) electrons. The second-order valence-electron chi connectivity index (χ2n) is 2.72. The molecule has 1 aromatic heterocycles. The molecule has 0 aliphatic rings. The summed E-state index contributed by atoms with van der Waals surface area (Å²) in [5.41, 5.74) is 1.54. The Labute approximate surface area is 82.4 Å². The van der Waals surface area contributed by atoms with Crippen molar-refractivity contribution >= 4 is 17.4 Å². The lowest BCUT2D eigenvalue weighted by Gasteiger charge is -2.16. The largest absolute Gasteiger partial charge is 0.377 e. The zero-order valence-electron chi connectivity index (χ0n) is 7.90. The van der Waals surface area contributed by atoms with E-state index in [1.165, 1.54) is 0 Å². The lowest BCUT2D eigenvalue weighted by atomic mass is 10.3. The highest BCUT2D eigenvalue weighted by Crippen LogP contribution is 2.28. The third-order valence-electron chi connectivity index (χ3n) is 1.68. The van der Waals surface area contributed by atoms with Crippen LogP contribution in [0.3, 0.4) is 0 Å². The molecule has 0 aliphatic heterocycles. The Hall–Kier alpha value is -1.21. The Morgan fingerprint density at radius 1 is 1.54 bits per heavy atom. The van der Waals surface area contributed by atoms with Crippen molar-refractivity contribution in [2.75, 3.05) is 25.3 Å². The first-order valence-corrected chi connectivity index (χ1v) is 5.03. The molecule has 0 N–H and O–H groups in total. The second kappa shape index (κ2) is 4.15. The van der Waals surface area contributed by atoms with Gasteiger partial charge < -0.3 is 4.90 Å². The van der Waals surface area contributed by atoms with Gasteiger partial charge in [0.15, 0.2) is 5.69 Å². The lowest BCUT2D eigenvalue weighted by Crippen LogP contribution is -2.10. The van der Waals surface area contributed by atoms with E-state index in [9.17, 15) is 0 Å². The first-order valence-electron chi connectivity index (χ1n) is 3.81. The van der Waals surface area contributed by atoms with Crippen molar-refractivity contribution in [2.45, 2.75) is 4.90 Å². The summed E-state index contributed by atoms with van der Waals surface area (Å²) >= 11 is 1.55. The van der Waals surface area contributed by atoms with Gasteiger partial charge in [0.2, 0.25) is 0 Å². The minimum atomic E-state index is 0.499. The molecule has 1 heterocycles. The molecule has 0 amide bonds. The quantitative estimate of drug-likeness (QED) is 0.671. The predicted octanol–water partition coefficient (Wildman–Crippen LogP) is 1.74. The van der Waals surface area contributed by atoms with Gasteiger partial charge in [0.1, 0.15) is 6.07 Å². The molecule has 0 unspecified atom stereocenters. The maximum Gasteiger partial charge on any atom is 0.156 e. The van der Waals surface area contributed by atoms with E-state index in [0.29, 0.717) is 5.69 Å². The van der Waals surface area contributed by atoms with Crippen molar-refractivity contribution in [2.24, 2.45) is 0 Å². The van der Waals surface area contributed by atoms with Crippen LogP contribution in [-0.2, 0) is 0 Å². The Kier molecular flexibility index (Phi) is 3.15. The molecule has 68 valence electrons. The summed E-state index contributed by atoms with van der Waals surface area (Å²) in [5, 5.41) is 8.81. The van der Waals surface area contributed by atoms with Crippen molar-refractivity contribution < 1.29 is 0 Å². The number of nitriles is 1. The fourth-order valence-corrected chi connectivity index (χ4v) is 1.82. The summed E-state index contributed by atoms with van der Waals surface area (Å²) in [7, 11) is 3.91. The van der Waals surface area contributed by atoms with E-state index >= 15 is 0 Å². The van der Waals surface area contributed by atoms with E-state index in [4.69, 9.17) is 5.26 Å². The highest BCUT2D eigenvalue weighted by atomic mass is 32.2. The van der Waals surface area contributed by atoms with Gasteiger partial charge in [-0.3, -0.25) is 0 Å². The average Bonchev–Trinajstić information content (AvgIpc) is 2.16. The van der Waals surface area contributed by atoms with Crippen molar-refractivity contribution in [3.05, 3.63) is 18.0 Å². The minimum Gasteiger partial charge on any atom is -0.377 e. The molecule has 0 atom stereocenters. The first-order chi connectivity index (χ1) is 6.20. The number of hydrogen-bond donors (Lipinski definition) is 0. The second-order valence-corrected chi connectivity index (χ2v) is 3.53. The molecule has 1 rings (SSSR count). The van der Waals surface area contributed by atoms with Crippen LogP contribution in [0.2, 0.25) is 0 Å². The van der Waals surface area contributed by atoms with E-state index in [1.54, 1.807) is 18.0 Å². The number of thioether (sulfide) groups is 1. The van der Waals surface area contributed by atoms with Gasteiger partial charge in [-0.2, -0.15) is 5.26 Å². The van der Waals surface area contributed by atoms with Gasteiger partial charge in [0.25, 0.3) is 0 Å². The molecule has 1 aromatic rings. The highest BCUT2D eigenvalue weighted by Gasteiger charge is 2.09. The summed E-state index contributed by atoms with van der Waals surface area (Å²) in [6.07, 6.45) is 3.61. The summed E-state index contributed by atoms with van der Waals surface area (Å²) in [6.45, 7) is 0. The maximum atomic E-state index is 8.81. The van der Waals surface area contributed by atoms with Crippen LogP contribution in [0.5, 0.6) is 0 Å². The summed E-state index contributed by atoms with van der Waals surface area (Å²) in [6, 6.07) is 3.99. The van der Waals surface area contributed by atoms with Crippen LogP contribution in [-0.4, -0.2) is 25.3 Å². The van der Waals surface area contributed by atoms with Crippen molar-refractivity contribution in [1.29, 1.82) is 5.26 Å². The molecule has 4 heteroatoms. The minimum absolute atomic E-state index is 0.499. The standard InChI is InChI=1S/C9H11N3S/c1-12(2)8-4-5-11-7(6-10)9(8)13-3/h4-5H,1-3H3. The van der Waals surface area contributed by atoms with Crippen LogP contribution in [0.25, 0.3) is 0 Å². The van der Waals surface area contributed by atoms with Gasteiger partial charge in [-0.05, 0) is 12.3 Å². The van der Waals surface area contributed by atoms with E-state index in [0.717, 1.165) is 10.6 Å². The predicted molar refractivity (Wildman–Crippen MR) is 55.1 cm³/mol. The van der Waals surface area contributed by atoms with Gasteiger partial charge in [-0.15, -0.1) is 11.8 Å². The van der Waals surface area contributed by atoms with Crippen LogP contribution in [0.4, 0.5) is 5.69 Å². The Balaban J connectivity index is 3.29. The Morgan fingerprint density at radius 2 is 2.23 bits per heavy atom. The Bertz CT molecular complexity index is 341. The molecular formula is C9H11N3S. The molecule has 0 bridgehead atoms. The van der Waals surface area contributed by atoms with Gasteiger partial charge in [-0.25, -0.2) is 4.98 Å². The fourth-order valence-electron chi connectivity index (χ4n) is 1.07. The molecular weight excluding hydrogens is 182 g/mol. The van der Waals surface area contributed by atoms with Crippen LogP contribution in [0.15, 0.2) is 17.2 Å². The number of rotatable bonds is 2. The van der Waals surface area contributed by atoms with Crippen molar-refractivity contribution in [1.82, 2.24) is 4.98 Å². The smallest absolute Gasteiger partial charge is 0.156 e. The molecule has 0 aliphatic carbocycles. The summed E-state index contributed by atoms with van der Waals surface area (Å²) in [5.74, 6) is 0. The zero-order valence-corrected chi connectivity index (χ0v) is 8.72. The number of nitrogens with zero attached hydrogens (tertiary/aromatic N) is 3. The molecule has 13 heavy (non-hydrogen) atoms. The number of aromatic nitrogens is 1. The monoisotopic (exact) mass is 193 g/mol. The SMILES string of the molecule is CSc1c(N(C)C)ccnc1C#N. The topological polar surface area (TPSA) is 39.9 Å². The molecule has 3 nitrogen and oxygen atoms in total. The molecule has 0 saturated carbocycles. The molecule has 0 saturated heterocycles. The van der Waals surface area contributed by atoms with Gasteiger partial charge in [0, 0.05) is 20.3 Å². The molecule has 0 aromatic carbocycles. The van der Waals surface area contributed by atoms with E-state index < -0.39 is 0 Å². The zero-order chi connectivity index (χ0) is 9.84. The van der Waals surface area contributed by atoms with E-state index in [1.807, 2.05) is 31.3 Å². The molecule has 0 fully saturated rings. The third-order valence-corrected chi connectivity index (χ3v) is 2.49. The normalized spacial score (nSPS) is 9.38. The first kappa shape index (κ1) is 9.87. The van der Waals surface area contributed by atoms with Gasteiger partial charge >= 0.3 is 0 Å². The van der Waals surface area contributed by atoms with E-state index in [-0.39, 0.29) is 0 Å². The van der Waals surface area contributed by atoms with Gasteiger partial charge in [-0.1, -0.05) is 0 Å². The van der Waals surface area contributed by atoms with E-state index in [2.05, 4.69) is 11.1 Å². The number of hydrogen-bond acceptors (Lipinski definition) is 4. The van der Waals surface area contributed by atoms with Gasteiger partial charge in [0.05, 0.1) is 10.6 Å². The van der Waals surface area contributed by atoms with Crippen LogP contribution in [0, 0.1) is 11.3 Å². The summed E-state index contributed by atoms with van der Waals surface area (Å²) < 4.78 is 0. The van der Waals surface area contributed by atoms with Crippen molar-refractivity contribution in [3.8, 4) is 6.07 Å². The van der Waals surface area contributed by atoms with Crippen molar-refractivity contribution in [3.63, 3.8) is 0 Å². The molecule has 0 spiro atoms. The fraction of sp³-hybridized carbons (Fsp3) is 0.333. The van der Waals surface area contributed by atoms with Crippen LogP contribution >= 0.6 is 11.8 Å². The Morgan fingerprint density at radius 3 is 2.69 bits per heavy atom. The van der Waals surface area contributed by atoms with Crippen LogP contribution in [0.1, 0.15) is 5.69 Å². The third kappa shape index (κ3) is 1.93. The number of anilines is 1. The highest BCUT2D eigenvalue weighted by molar-refractivity contribution is 7.98. The number of pyridine rings is 1. The lowest BCUT2D eigenvalue weighted by molar-refractivity contribution is 1.06. The van der Waals surface area contributed by atoms with Crippen LogP contribution < -0.4 is 4.90 Å². The maximum absolute atomic E-state index is 8.81. The summed E-state index contributed by atoms with van der Waals surface area (Å²) in [4.78, 5) is 6.92. The average molecular weight is 193 g/mol.